The second kappa shape index (κ2) is 5.21. The molecule has 0 fully saturated rings. The zero-order chi connectivity index (χ0) is 12.1. The molecule has 84 valence electrons. The fourth-order valence-corrected chi connectivity index (χ4v) is 1.18. The first-order valence-corrected chi connectivity index (χ1v) is 4.82. The number of nitrogens with zero attached hydrogens (tertiary/aromatic N) is 3. The molecule has 1 rings (SSSR count). The molecule has 5 heteroatoms. The number of nitriles is 1. The van der Waals surface area contributed by atoms with Crippen LogP contribution in [0.3, 0.4) is 0 Å². The Morgan fingerprint density at radius 1 is 1.69 bits per heavy atom. The Labute approximate surface area is 93.3 Å². The number of rotatable bonds is 3. The highest BCUT2D eigenvalue weighted by molar-refractivity contribution is 5.93. The fourth-order valence-electron chi connectivity index (χ4n) is 1.18. The summed E-state index contributed by atoms with van der Waals surface area (Å²) in [4.78, 5) is 16.7. The molecule has 0 aliphatic heterocycles. The van der Waals surface area contributed by atoms with Crippen LogP contribution < -0.4 is 0 Å². The molecule has 0 spiro atoms. The molecule has 0 N–H and O–H groups in total. The Morgan fingerprint density at radius 2 is 2.38 bits per heavy atom. The maximum absolute atomic E-state index is 12.6. The lowest BCUT2D eigenvalue weighted by Gasteiger charge is -2.22. The number of aromatic nitrogens is 1. The van der Waals surface area contributed by atoms with Gasteiger partial charge in [-0.1, -0.05) is 0 Å². The molecule has 1 unspecified atom stereocenters. The molecule has 0 radical (unpaired) electrons. The molecule has 0 aliphatic carbocycles. The van der Waals surface area contributed by atoms with Crippen molar-refractivity contribution in [2.24, 2.45) is 0 Å². The van der Waals surface area contributed by atoms with Crippen LogP contribution in [0.2, 0.25) is 0 Å². The molecule has 1 heterocycles. The van der Waals surface area contributed by atoms with Crippen LogP contribution >= 0.6 is 0 Å². The summed E-state index contributed by atoms with van der Waals surface area (Å²) < 4.78 is 12.6. The van der Waals surface area contributed by atoms with Crippen molar-refractivity contribution >= 4 is 5.91 Å². The van der Waals surface area contributed by atoms with E-state index in [0.29, 0.717) is 5.56 Å². The molecule has 0 bridgehead atoms. The van der Waals surface area contributed by atoms with E-state index in [9.17, 15) is 9.18 Å². The average Bonchev–Trinajstić information content (AvgIpc) is 2.28. The second-order valence-corrected chi connectivity index (χ2v) is 3.50. The molecule has 1 atom stereocenters. The highest BCUT2D eigenvalue weighted by atomic mass is 19.1. The zero-order valence-corrected chi connectivity index (χ0v) is 9.14. The van der Waals surface area contributed by atoms with E-state index in [1.165, 1.54) is 17.2 Å². The van der Waals surface area contributed by atoms with E-state index < -0.39 is 5.95 Å². The molecular formula is C11H12FN3O. The third-order valence-corrected chi connectivity index (χ3v) is 2.34. The first kappa shape index (κ1) is 12.1. The molecule has 0 aliphatic rings. The van der Waals surface area contributed by atoms with Crippen molar-refractivity contribution in [2.45, 2.75) is 19.4 Å². The maximum atomic E-state index is 12.6. The van der Waals surface area contributed by atoms with Gasteiger partial charge in [-0.3, -0.25) is 4.79 Å². The number of hydrogen-bond acceptors (Lipinski definition) is 3. The SMILES string of the molecule is CC(CC#N)N(C)C(=O)c1ccc(F)nc1. The lowest BCUT2D eigenvalue weighted by molar-refractivity contribution is 0.0745. The highest BCUT2D eigenvalue weighted by Crippen LogP contribution is 2.07. The van der Waals surface area contributed by atoms with Crippen LogP contribution in [0, 0.1) is 17.3 Å². The van der Waals surface area contributed by atoms with Gasteiger partial charge in [-0.25, -0.2) is 4.98 Å². The van der Waals surface area contributed by atoms with Gasteiger partial charge in [0, 0.05) is 19.3 Å². The average molecular weight is 221 g/mol. The normalized spacial score (nSPS) is 11.6. The number of amides is 1. The molecule has 1 amide bonds. The van der Waals surface area contributed by atoms with Crippen molar-refractivity contribution in [2.75, 3.05) is 7.05 Å². The van der Waals surface area contributed by atoms with Gasteiger partial charge in [0.1, 0.15) is 0 Å². The van der Waals surface area contributed by atoms with Gasteiger partial charge in [-0.2, -0.15) is 9.65 Å². The monoisotopic (exact) mass is 221 g/mol. The van der Waals surface area contributed by atoms with E-state index >= 15 is 0 Å². The molecule has 0 aromatic carbocycles. The number of pyridine rings is 1. The van der Waals surface area contributed by atoms with Gasteiger partial charge in [0.25, 0.3) is 5.91 Å². The van der Waals surface area contributed by atoms with Crippen LogP contribution in [0.25, 0.3) is 0 Å². The summed E-state index contributed by atoms with van der Waals surface area (Å²) in [7, 11) is 1.60. The molecule has 1 aromatic rings. The van der Waals surface area contributed by atoms with Crippen LogP contribution in [0.1, 0.15) is 23.7 Å². The van der Waals surface area contributed by atoms with E-state index in [1.54, 1.807) is 14.0 Å². The molecule has 1 aromatic heterocycles. The van der Waals surface area contributed by atoms with Gasteiger partial charge in [0.15, 0.2) is 0 Å². The molecule has 4 nitrogen and oxygen atoms in total. The smallest absolute Gasteiger partial charge is 0.255 e. The summed E-state index contributed by atoms with van der Waals surface area (Å²) in [6, 6.07) is 4.33. The van der Waals surface area contributed by atoms with Gasteiger partial charge in [-0.05, 0) is 19.1 Å². The Morgan fingerprint density at radius 3 is 2.88 bits per heavy atom. The first-order chi connectivity index (χ1) is 7.56. The van der Waals surface area contributed by atoms with Crippen molar-refractivity contribution in [1.82, 2.24) is 9.88 Å². The van der Waals surface area contributed by atoms with E-state index in [1.807, 2.05) is 6.07 Å². The van der Waals surface area contributed by atoms with Gasteiger partial charge in [0.05, 0.1) is 18.1 Å². The third kappa shape index (κ3) is 2.76. The van der Waals surface area contributed by atoms with E-state index in [0.717, 1.165) is 6.07 Å². The molecule has 0 saturated carbocycles. The van der Waals surface area contributed by atoms with Crippen molar-refractivity contribution in [3.05, 3.63) is 29.8 Å². The Hall–Kier alpha value is -1.96. The van der Waals surface area contributed by atoms with E-state index in [2.05, 4.69) is 4.98 Å². The fraction of sp³-hybridized carbons (Fsp3) is 0.364. The van der Waals surface area contributed by atoms with Gasteiger partial charge >= 0.3 is 0 Å². The predicted octanol–water partition coefficient (Wildman–Crippen LogP) is 1.59. The first-order valence-electron chi connectivity index (χ1n) is 4.82. The minimum Gasteiger partial charge on any atom is -0.338 e. The summed E-state index contributed by atoms with van der Waals surface area (Å²) in [6.07, 6.45) is 1.45. The minimum absolute atomic E-state index is 0.178. The number of hydrogen-bond donors (Lipinski definition) is 0. The maximum Gasteiger partial charge on any atom is 0.255 e. The summed E-state index contributed by atoms with van der Waals surface area (Å²) in [5.41, 5.74) is 0.314. The van der Waals surface area contributed by atoms with Gasteiger partial charge in [0.2, 0.25) is 5.95 Å². The van der Waals surface area contributed by atoms with Crippen LogP contribution in [0.4, 0.5) is 4.39 Å². The largest absolute Gasteiger partial charge is 0.338 e. The molecule has 0 saturated heterocycles. The van der Waals surface area contributed by atoms with Gasteiger partial charge in [-0.15, -0.1) is 0 Å². The number of halogens is 1. The second-order valence-electron chi connectivity index (χ2n) is 3.50. The standard InChI is InChI=1S/C11H12FN3O/c1-8(5-6-13)15(2)11(16)9-3-4-10(12)14-7-9/h3-4,7-8H,5H2,1-2H3. The zero-order valence-electron chi connectivity index (χ0n) is 9.14. The predicted molar refractivity (Wildman–Crippen MR) is 56.0 cm³/mol. The quantitative estimate of drug-likeness (QED) is 0.728. The number of carbonyl (C=O) groups is 1. The van der Waals surface area contributed by atoms with Crippen LogP contribution in [0.15, 0.2) is 18.3 Å². The Balaban J connectivity index is 2.78. The van der Waals surface area contributed by atoms with E-state index in [-0.39, 0.29) is 18.4 Å². The van der Waals surface area contributed by atoms with Crippen LogP contribution in [-0.2, 0) is 0 Å². The summed E-state index contributed by atoms with van der Waals surface area (Å²) in [6.45, 7) is 1.78. The highest BCUT2D eigenvalue weighted by Gasteiger charge is 2.17. The van der Waals surface area contributed by atoms with Crippen molar-refractivity contribution in [3.8, 4) is 6.07 Å². The summed E-state index contributed by atoms with van der Waals surface area (Å²) in [5.74, 6) is -0.889. The Bertz CT molecular complexity index is 410. The number of carbonyl (C=O) groups excluding carboxylic acids is 1. The van der Waals surface area contributed by atoms with Crippen molar-refractivity contribution < 1.29 is 9.18 Å². The minimum atomic E-state index is -0.621. The lowest BCUT2D eigenvalue weighted by atomic mass is 10.2. The van der Waals surface area contributed by atoms with Crippen LogP contribution in [0.5, 0.6) is 0 Å². The molecular weight excluding hydrogens is 209 g/mol. The van der Waals surface area contributed by atoms with Gasteiger partial charge < -0.3 is 4.90 Å². The van der Waals surface area contributed by atoms with Crippen molar-refractivity contribution in [1.29, 1.82) is 5.26 Å². The molecule has 16 heavy (non-hydrogen) atoms. The van der Waals surface area contributed by atoms with Crippen LogP contribution in [-0.4, -0.2) is 28.9 Å². The van der Waals surface area contributed by atoms with E-state index in [4.69, 9.17) is 5.26 Å². The third-order valence-electron chi connectivity index (χ3n) is 2.34. The summed E-state index contributed by atoms with van der Waals surface area (Å²) >= 11 is 0. The topological polar surface area (TPSA) is 57.0 Å². The lowest BCUT2D eigenvalue weighted by Crippen LogP contribution is -2.34. The Kier molecular flexibility index (Phi) is 3.95. The van der Waals surface area contributed by atoms with Crippen molar-refractivity contribution in [3.63, 3.8) is 0 Å². The summed E-state index contributed by atoms with van der Waals surface area (Å²) in [5, 5.41) is 8.52.